The number of anilines is 1. The Balaban J connectivity index is 1.77. The Bertz CT molecular complexity index is 1380. The number of carbonyl (C=O) groups is 2. The maximum absolute atomic E-state index is 13.2. The van der Waals surface area contributed by atoms with Crippen LogP contribution in [0.2, 0.25) is 0 Å². The molecule has 32 heavy (non-hydrogen) atoms. The number of hydrogen-bond acceptors (Lipinski definition) is 5. The monoisotopic (exact) mass is 444 g/mol. The van der Waals surface area contributed by atoms with E-state index in [1.807, 2.05) is 36.4 Å². The SMILES string of the molecule is Cc1c(-c2ccccc2)oc2c(C(=O)Nc3ccccc3SCC(N)=O)cccc2c1=O. The molecule has 0 fully saturated rings. The molecule has 1 heterocycles. The zero-order valence-electron chi connectivity index (χ0n) is 17.3. The number of nitrogens with two attached hydrogens (primary N) is 1. The van der Waals surface area contributed by atoms with Gasteiger partial charge in [-0.25, -0.2) is 0 Å². The smallest absolute Gasteiger partial charge is 0.259 e. The van der Waals surface area contributed by atoms with Crippen molar-refractivity contribution in [3.63, 3.8) is 0 Å². The number of rotatable bonds is 6. The lowest BCUT2D eigenvalue weighted by molar-refractivity contribution is -0.115. The number of hydrogen-bond donors (Lipinski definition) is 2. The molecule has 6 nitrogen and oxygen atoms in total. The zero-order chi connectivity index (χ0) is 22.7. The number of primary amides is 1. The first-order chi connectivity index (χ1) is 15.5. The molecule has 0 atom stereocenters. The molecule has 0 saturated carbocycles. The van der Waals surface area contributed by atoms with E-state index in [1.54, 1.807) is 43.3 Å². The molecule has 160 valence electrons. The van der Waals surface area contributed by atoms with Gasteiger partial charge in [0, 0.05) is 16.0 Å². The maximum atomic E-state index is 13.2. The lowest BCUT2D eigenvalue weighted by Gasteiger charge is -2.12. The van der Waals surface area contributed by atoms with Crippen LogP contribution in [-0.4, -0.2) is 17.6 Å². The van der Waals surface area contributed by atoms with E-state index in [0.29, 0.717) is 27.3 Å². The molecule has 3 N–H and O–H groups in total. The molecule has 0 unspecified atom stereocenters. The molecule has 0 aliphatic rings. The van der Waals surface area contributed by atoms with Gasteiger partial charge < -0.3 is 15.5 Å². The van der Waals surface area contributed by atoms with Gasteiger partial charge in [0.15, 0.2) is 11.0 Å². The van der Waals surface area contributed by atoms with Crippen molar-refractivity contribution in [2.75, 3.05) is 11.1 Å². The molecule has 0 spiro atoms. The van der Waals surface area contributed by atoms with E-state index in [2.05, 4.69) is 5.32 Å². The Morgan fingerprint density at radius 2 is 1.69 bits per heavy atom. The molecule has 4 aromatic rings. The Morgan fingerprint density at radius 1 is 0.969 bits per heavy atom. The highest BCUT2D eigenvalue weighted by Crippen LogP contribution is 2.30. The predicted molar refractivity (Wildman–Crippen MR) is 127 cm³/mol. The van der Waals surface area contributed by atoms with Gasteiger partial charge in [-0.1, -0.05) is 48.5 Å². The molecule has 7 heteroatoms. The Morgan fingerprint density at radius 3 is 2.44 bits per heavy atom. The normalized spacial score (nSPS) is 10.8. The summed E-state index contributed by atoms with van der Waals surface area (Å²) in [5, 5.41) is 3.20. The van der Waals surface area contributed by atoms with Crippen molar-refractivity contribution in [3.05, 3.63) is 94.1 Å². The van der Waals surface area contributed by atoms with Gasteiger partial charge in [-0.2, -0.15) is 0 Å². The van der Waals surface area contributed by atoms with Crippen LogP contribution in [0.1, 0.15) is 15.9 Å². The van der Waals surface area contributed by atoms with Gasteiger partial charge in [-0.3, -0.25) is 14.4 Å². The van der Waals surface area contributed by atoms with Crippen molar-refractivity contribution in [3.8, 4) is 11.3 Å². The van der Waals surface area contributed by atoms with Gasteiger partial charge >= 0.3 is 0 Å². The van der Waals surface area contributed by atoms with Crippen molar-refractivity contribution < 1.29 is 14.0 Å². The molecule has 0 radical (unpaired) electrons. The van der Waals surface area contributed by atoms with Crippen LogP contribution in [0.5, 0.6) is 0 Å². The zero-order valence-corrected chi connectivity index (χ0v) is 18.1. The summed E-state index contributed by atoms with van der Waals surface area (Å²) in [4.78, 5) is 38.1. The third-order valence-corrected chi connectivity index (χ3v) is 6.03. The molecule has 1 aromatic heterocycles. The molecule has 2 amide bonds. The molecule has 0 aliphatic heterocycles. The number of carbonyl (C=O) groups excluding carboxylic acids is 2. The van der Waals surface area contributed by atoms with Crippen LogP contribution in [0.25, 0.3) is 22.3 Å². The molecular formula is C25H20N2O4S. The summed E-state index contributed by atoms with van der Waals surface area (Å²) in [7, 11) is 0. The fraction of sp³-hybridized carbons (Fsp3) is 0.0800. The van der Waals surface area contributed by atoms with Crippen LogP contribution in [0.15, 0.2) is 86.9 Å². The third kappa shape index (κ3) is 4.29. The van der Waals surface area contributed by atoms with Crippen LogP contribution >= 0.6 is 11.8 Å². The highest BCUT2D eigenvalue weighted by Gasteiger charge is 2.19. The van der Waals surface area contributed by atoms with Crippen molar-refractivity contribution in [2.24, 2.45) is 5.73 Å². The fourth-order valence-corrected chi connectivity index (χ4v) is 4.13. The fourth-order valence-electron chi connectivity index (χ4n) is 3.39. The topological polar surface area (TPSA) is 102 Å². The summed E-state index contributed by atoms with van der Waals surface area (Å²) in [6.07, 6.45) is 0. The quantitative estimate of drug-likeness (QED) is 0.423. The largest absolute Gasteiger partial charge is 0.455 e. The average molecular weight is 445 g/mol. The van der Waals surface area contributed by atoms with Gasteiger partial charge in [0.2, 0.25) is 5.91 Å². The summed E-state index contributed by atoms with van der Waals surface area (Å²) >= 11 is 1.24. The summed E-state index contributed by atoms with van der Waals surface area (Å²) in [5.74, 6) is -0.347. The van der Waals surface area contributed by atoms with E-state index < -0.39 is 11.8 Å². The average Bonchev–Trinajstić information content (AvgIpc) is 2.81. The van der Waals surface area contributed by atoms with Gasteiger partial charge in [-0.15, -0.1) is 11.8 Å². The van der Waals surface area contributed by atoms with E-state index >= 15 is 0 Å². The first-order valence-electron chi connectivity index (χ1n) is 9.89. The number of benzene rings is 3. The number of thioether (sulfide) groups is 1. The van der Waals surface area contributed by atoms with Crippen molar-refractivity contribution >= 4 is 40.2 Å². The van der Waals surface area contributed by atoms with Crippen LogP contribution in [-0.2, 0) is 4.79 Å². The minimum absolute atomic E-state index is 0.0930. The molecule has 0 aliphatic carbocycles. The van der Waals surface area contributed by atoms with E-state index in [9.17, 15) is 14.4 Å². The molecule has 0 saturated heterocycles. The Labute approximate surface area is 188 Å². The predicted octanol–water partition coefficient (Wildman–Crippen LogP) is 4.60. The van der Waals surface area contributed by atoms with Crippen molar-refractivity contribution in [1.29, 1.82) is 0 Å². The lowest BCUT2D eigenvalue weighted by Crippen LogP contribution is -2.16. The number of para-hydroxylation sites is 2. The molecule has 3 aromatic carbocycles. The number of nitrogens with one attached hydrogen (secondary N) is 1. The van der Waals surface area contributed by atoms with Crippen LogP contribution < -0.4 is 16.5 Å². The van der Waals surface area contributed by atoms with Gasteiger partial charge in [0.25, 0.3) is 5.91 Å². The molecule has 4 rings (SSSR count). The molecule has 0 bridgehead atoms. The van der Waals surface area contributed by atoms with Crippen molar-refractivity contribution in [2.45, 2.75) is 11.8 Å². The first-order valence-corrected chi connectivity index (χ1v) is 10.9. The van der Waals surface area contributed by atoms with Crippen LogP contribution in [0.3, 0.4) is 0 Å². The second-order valence-electron chi connectivity index (χ2n) is 7.14. The lowest BCUT2D eigenvalue weighted by atomic mass is 10.0. The summed E-state index contributed by atoms with van der Waals surface area (Å²) in [6.45, 7) is 1.71. The minimum Gasteiger partial charge on any atom is -0.455 e. The van der Waals surface area contributed by atoms with E-state index in [-0.39, 0.29) is 22.3 Å². The Kier molecular flexibility index (Phi) is 6.09. The first kappa shape index (κ1) is 21.4. The standard InChI is InChI=1S/C25H20N2O4S/c1-15-22(29)17-10-7-11-18(24(17)31-23(15)16-8-3-2-4-9-16)25(30)27-19-12-5-6-13-20(19)32-14-21(26)28/h2-13H,14H2,1H3,(H2,26,28)(H,27,30). The summed E-state index contributed by atoms with van der Waals surface area (Å²) in [6, 6.07) is 21.4. The second-order valence-corrected chi connectivity index (χ2v) is 8.16. The molecular weight excluding hydrogens is 424 g/mol. The second kappa shape index (κ2) is 9.11. The Hall–Kier alpha value is -3.84. The van der Waals surface area contributed by atoms with Crippen molar-refractivity contribution in [1.82, 2.24) is 0 Å². The van der Waals surface area contributed by atoms with Crippen LogP contribution in [0, 0.1) is 6.92 Å². The van der Waals surface area contributed by atoms with Gasteiger partial charge in [-0.05, 0) is 31.2 Å². The van der Waals surface area contributed by atoms with Gasteiger partial charge in [0.1, 0.15) is 5.76 Å². The summed E-state index contributed by atoms with van der Waals surface area (Å²) in [5.41, 5.74) is 7.31. The highest BCUT2D eigenvalue weighted by atomic mass is 32.2. The highest BCUT2D eigenvalue weighted by molar-refractivity contribution is 8.00. The number of fused-ring (bicyclic) bond motifs is 1. The van der Waals surface area contributed by atoms with E-state index in [0.717, 1.165) is 5.56 Å². The summed E-state index contributed by atoms with van der Waals surface area (Å²) < 4.78 is 6.13. The van der Waals surface area contributed by atoms with E-state index in [1.165, 1.54) is 11.8 Å². The third-order valence-electron chi connectivity index (χ3n) is 4.93. The van der Waals surface area contributed by atoms with E-state index in [4.69, 9.17) is 10.2 Å². The van der Waals surface area contributed by atoms with Crippen LogP contribution in [0.4, 0.5) is 5.69 Å². The maximum Gasteiger partial charge on any atom is 0.259 e. The number of amides is 2. The minimum atomic E-state index is -0.448. The van der Waals surface area contributed by atoms with Gasteiger partial charge in [0.05, 0.1) is 22.4 Å².